The van der Waals surface area contributed by atoms with Gasteiger partial charge in [0.2, 0.25) is 0 Å². The largest absolute Gasteiger partial charge is 0.508 e. The van der Waals surface area contributed by atoms with E-state index in [4.69, 9.17) is 10.5 Å². The monoisotopic (exact) mass is 309 g/mol. The van der Waals surface area contributed by atoms with E-state index >= 15 is 0 Å². The first-order valence-corrected chi connectivity index (χ1v) is 7.28. The van der Waals surface area contributed by atoms with Crippen LogP contribution in [0.3, 0.4) is 0 Å². The summed E-state index contributed by atoms with van der Waals surface area (Å²) in [5.41, 5.74) is 6.82. The minimum atomic E-state index is -0.561. The zero-order valence-electron chi connectivity index (χ0n) is 14.0. The number of phenolic OH excluding ortho intramolecular Hbond substituents is 1. The van der Waals surface area contributed by atoms with Crippen LogP contribution in [-0.2, 0) is 11.3 Å². The Hall–Kier alpha value is -1.79. The minimum Gasteiger partial charge on any atom is -0.508 e. The van der Waals surface area contributed by atoms with Gasteiger partial charge in [-0.05, 0) is 52.6 Å². The molecule has 0 radical (unpaired) electrons. The number of phenols is 1. The summed E-state index contributed by atoms with van der Waals surface area (Å²) in [5.74, 6) is 0.227. The molecule has 4 N–H and O–H groups in total. The number of amides is 1. The van der Waals surface area contributed by atoms with E-state index in [2.05, 4.69) is 5.32 Å². The second-order valence-electron chi connectivity index (χ2n) is 6.56. The highest BCUT2D eigenvalue weighted by Gasteiger charge is 2.20. The molecule has 0 aliphatic heterocycles. The number of alkyl carbamates (subject to hydrolysis) is 1. The van der Waals surface area contributed by atoms with Crippen molar-refractivity contribution in [2.45, 2.75) is 39.0 Å². The van der Waals surface area contributed by atoms with E-state index in [1.54, 1.807) is 32.9 Å². The molecule has 22 heavy (non-hydrogen) atoms. The first kappa shape index (κ1) is 18.3. The summed E-state index contributed by atoms with van der Waals surface area (Å²) in [6.45, 7) is 6.26. The number of benzene rings is 1. The third-order valence-corrected chi connectivity index (χ3v) is 2.92. The molecule has 0 saturated carbocycles. The van der Waals surface area contributed by atoms with Crippen LogP contribution in [0.1, 0.15) is 37.9 Å². The van der Waals surface area contributed by atoms with Gasteiger partial charge in [0.05, 0.1) is 6.04 Å². The Morgan fingerprint density at radius 3 is 2.55 bits per heavy atom. The average molecular weight is 309 g/mol. The van der Waals surface area contributed by atoms with Gasteiger partial charge in [-0.25, -0.2) is 4.79 Å². The van der Waals surface area contributed by atoms with E-state index in [0.29, 0.717) is 6.54 Å². The van der Waals surface area contributed by atoms with Crippen molar-refractivity contribution in [3.8, 4) is 5.75 Å². The van der Waals surface area contributed by atoms with Gasteiger partial charge in [0.1, 0.15) is 11.4 Å². The van der Waals surface area contributed by atoms with Crippen molar-refractivity contribution in [1.29, 1.82) is 0 Å². The topological polar surface area (TPSA) is 87.8 Å². The number of hydrogen-bond donors (Lipinski definition) is 3. The van der Waals surface area contributed by atoms with Crippen molar-refractivity contribution in [2.24, 2.45) is 5.73 Å². The van der Waals surface area contributed by atoms with Crippen LogP contribution >= 0.6 is 0 Å². The number of carbonyl (C=O) groups is 1. The van der Waals surface area contributed by atoms with E-state index in [0.717, 1.165) is 11.1 Å². The van der Waals surface area contributed by atoms with E-state index < -0.39 is 11.7 Å². The molecule has 0 aliphatic carbocycles. The average Bonchev–Trinajstić information content (AvgIpc) is 2.36. The highest BCUT2D eigenvalue weighted by molar-refractivity contribution is 5.68. The van der Waals surface area contributed by atoms with Gasteiger partial charge in [0.15, 0.2) is 0 Å². The van der Waals surface area contributed by atoms with E-state index in [1.807, 2.05) is 25.1 Å². The third kappa shape index (κ3) is 5.91. The van der Waals surface area contributed by atoms with Crippen LogP contribution < -0.4 is 11.1 Å². The molecule has 1 unspecified atom stereocenters. The van der Waals surface area contributed by atoms with E-state index in [9.17, 15) is 9.90 Å². The Labute approximate surface area is 132 Å². The number of hydrogen-bond acceptors (Lipinski definition) is 5. The molecule has 0 aliphatic rings. The summed E-state index contributed by atoms with van der Waals surface area (Å²) >= 11 is 0. The molecule has 1 aromatic carbocycles. The molecule has 0 fully saturated rings. The lowest BCUT2D eigenvalue weighted by molar-refractivity contribution is 0.0505. The van der Waals surface area contributed by atoms with Gasteiger partial charge in [-0.3, -0.25) is 0 Å². The predicted octanol–water partition coefficient (Wildman–Crippen LogP) is 1.98. The molecule has 0 saturated heterocycles. The molecule has 6 heteroatoms. The number of nitrogens with zero attached hydrogens (tertiary/aromatic N) is 1. The second kappa shape index (κ2) is 7.47. The van der Waals surface area contributed by atoms with Crippen LogP contribution in [0.15, 0.2) is 18.2 Å². The number of nitrogens with two attached hydrogens (primary N) is 1. The fourth-order valence-electron chi connectivity index (χ4n) is 2.02. The normalized spacial score (nSPS) is 13.0. The van der Waals surface area contributed by atoms with Gasteiger partial charge in [-0.15, -0.1) is 0 Å². The summed E-state index contributed by atoms with van der Waals surface area (Å²) in [6, 6.07) is 4.86. The van der Waals surface area contributed by atoms with Crippen LogP contribution in [0.5, 0.6) is 5.75 Å². The Bertz CT molecular complexity index is 510. The van der Waals surface area contributed by atoms with Gasteiger partial charge >= 0.3 is 6.09 Å². The van der Waals surface area contributed by atoms with Gasteiger partial charge < -0.3 is 25.8 Å². The maximum Gasteiger partial charge on any atom is 0.408 e. The Morgan fingerprint density at radius 1 is 1.41 bits per heavy atom. The molecule has 0 heterocycles. The predicted molar refractivity (Wildman–Crippen MR) is 86.7 cm³/mol. The molecule has 1 aromatic rings. The van der Waals surface area contributed by atoms with Gasteiger partial charge in [0, 0.05) is 18.7 Å². The lowest BCUT2D eigenvalue weighted by Crippen LogP contribution is -2.37. The second-order valence-corrected chi connectivity index (χ2v) is 6.56. The molecule has 1 rings (SSSR count). The molecule has 0 spiro atoms. The lowest BCUT2D eigenvalue weighted by atomic mass is 10.0. The van der Waals surface area contributed by atoms with Crippen molar-refractivity contribution in [3.05, 3.63) is 29.3 Å². The maximum absolute atomic E-state index is 11.9. The first-order valence-electron chi connectivity index (χ1n) is 7.28. The summed E-state index contributed by atoms with van der Waals surface area (Å²) in [6.07, 6.45) is -0.509. The lowest BCUT2D eigenvalue weighted by Gasteiger charge is -2.23. The number of carbonyl (C=O) groups excluding carboxylic acids is 1. The molecule has 1 atom stereocenters. The van der Waals surface area contributed by atoms with E-state index in [1.165, 1.54) is 0 Å². The first-order chi connectivity index (χ1) is 10.1. The van der Waals surface area contributed by atoms with Crippen molar-refractivity contribution >= 4 is 6.09 Å². The quantitative estimate of drug-likeness (QED) is 0.774. The van der Waals surface area contributed by atoms with Crippen molar-refractivity contribution in [2.75, 3.05) is 20.6 Å². The molecular formula is C16H27N3O3. The Kier molecular flexibility index (Phi) is 6.20. The van der Waals surface area contributed by atoms with Crippen molar-refractivity contribution in [3.63, 3.8) is 0 Å². The molecule has 6 nitrogen and oxygen atoms in total. The van der Waals surface area contributed by atoms with Crippen LogP contribution in [0.4, 0.5) is 4.79 Å². The van der Waals surface area contributed by atoms with Crippen LogP contribution in [0.2, 0.25) is 0 Å². The van der Waals surface area contributed by atoms with Crippen molar-refractivity contribution < 1.29 is 14.6 Å². The standard InChI is InChI=1S/C16H27N3O3/c1-16(2,3)22-15(21)18-13(9-17)11-6-7-14(20)12(8-11)10-19(4)5/h6-8,13,20H,9-10,17H2,1-5H3,(H,18,21). The molecular weight excluding hydrogens is 282 g/mol. The summed E-state index contributed by atoms with van der Waals surface area (Å²) in [7, 11) is 3.84. The molecule has 124 valence electrons. The number of aromatic hydroxyl groups is 1. The van der Waals surface area contributed by atoms with Crippen LogP contribution in [0.25, 0.3) is 0 Å². The fourth-order valence-corrected chi connectivity index (χ4v) is 2.02. The number of rotatable bonds is 5. The van der Waals surface area contributed by atoms with Crippen LogP contribution in [-0.4, -0.2) is 42.3 Å². The molecule has 0 aromatic heterocycles. The Balaban J connectivity index is 2.88. The van der Waals surface area contributed by atoms with Gasteiger partial charge in [-0.1, -0.05) is 6.07 Å². The minimum absolute atomic E-state index is 0.227. The van der Waals surface area contributed by atoms with Gasteiger partial charge in [-0.2, -0.15) is 0 Å². The number of nitrogens with one attached hydrogen (secondary N) is 1. The number of ether oxygens (including phenoxy) is 1. The maximum atomic E-state index is 11.9. The highest BCUT2D eigenvalue weighted by atomic mass is 16.6. The Morgan fingerprint density at radius 2 is 2.05 bits per heavy atom. The summed E-state index contributed by atoms with van der Waals surface area (Å²) in [5, 5.41) is 12.7. The van der Waals surface area contributed by atoms with Crippen molar-refractivity contribution in [1.82, 2.24) is 10.2 Å². The molecule has 1 amide bonds. The fraction of sp³-hybridized carbons (Fsp3) is 0.562. The smallest absolute Gasteiger partial charge is 0.408 e. The zero-order chi connectivity index (χ0) is 16.9. The highest BCUT2D eigenvalue weighted by Crippen LogP contribution is 2.23. The summed E-state index contributed by atoms with van der Waals surface area (Å²) < 4.78 is 5.25. The SMILES string of the molecule is CN(C)Cc1cc(C(CN)NC(=O)OC(C)(C)C)ccc1O. The zero-order valence-corrected chi connectivity index (χ0v) is 14.0. The van der Waals surface area contributed by atoms with E-state index in [-0.39, 0.29) is 18.3 Å². The summed E-state index contributed by atoms with van der Waals surface area (Å²) in [4.78, 5) is 13.8. The van der Waals surface area contributed by atoms with Crippen LogP contribution in [0, 0.1) is 0 Å². The van der Waals surface area contributed by atoms with Gasteiger partial charge in [0.25, 0.3) is 0 Å². The third-order valence-electron chi connectivity index (χ3n) is 2.92. The molecule has 0 bridgehead atoms.